The lowest BCUT2D eigenvalue weighted by atomic mass is 10.1. The predicted molar refractivity (Wildman–Crippen MR) is 81.8 cm³/mol. The fourth-order valence-electron chi connectivity index (χ4n) is 1.91. The Balaban J connectivity index is 2.61. The Kier molecular flexibility index (Phi) is 4.44. The van der Waals surface area contributed by atoms with E-state index >= 15 is 0 Å². The molecule has 7 heteroatoms. The second-order valence-electron chi connectivity index (χ2n) is 4.30. The molecule has 0 saturated heterocycles. The van der Waals surface area contributed by atoms with Crippen LogP contribution in [0.1, 0.15) is 5.56 Å². The molecule has 2 aromatic carbocycles. The largest absolute Gasteiger partial charge is 0.506 e. The normalized spacial score (nSPS) is 10.4. The summed E-state index contributed by atoms with van der Waals surface area (Å²) in [6, 6.07) is 7.66. The van der Waals surface area contributed by atoms with E-state index in [0.29, 0.717) is 10.0 Å². The molecule has 0 saturated carbocycles. The zero-order valence-corrected chi connectivity index (χ0v) is 12.5. The number of phenols is 1. The van der Waals surface area contributed by atoms with Crippen molar-refractivity contribution in [1.29, 1.82) is 0 Å². The third-order valence-corrected chi connectivity index (χ3v) is 3.38. The van der Waals surface area contributed by atoms with Crippen molar-refractivity contribution in [3.8, 4) is 5.75 Å². The number of nitrogens with zero attached hydrogens (tertiary/aromatic N) is 1. The summed E-state index contributed by atoms with van der Waals surface area (Å²) in [5.74, 6) is -0.853. The van der Waals surface area contributed by atoms with E-state index in [0.717, 1.165) is 4.90 Å². The van der Waals surface area contributed by atoms with Gasteiger partial charge in [-0.25, -0.2) is 9.18 Å². The molecule has 0 bridgehead atoms. The highest BCUT2D eigenvalue weighted by atomic mass is 79.9. The fraction of sp³-hybridized carbons (Fsp3) is 0.0714. The number of amides is 2. The van der Waals surface area contributed by atoms with Crippen LogP contribution in [0.3, 0.4) is 0 Å². The molecule has 5 nitrogen and oxygen atoms in total. The summed E-state index contributed by atoms with van der Waals surface area (Å²) in [5.41, 5.74) is 11.5. The zero-order chi connectivity index (χ0) is 15.6. The summed E-state index contributed by atoms with van der Waals surface area (Å²) in [5, 5.41) is 9.96. The highest BCUT2D eigenvalue weighted by Crippen LogP contribution is 2.36. The zero-order valence-electron chi connectivity index (χ0n) is 10.9. The molecule has 110 valence electrons. The average molecular weight is 354 g/mol. The Labute approximate surface area is 129 Å². The molecule has 5 N–H and O–H groups in total. The third kappa shape index (κ3) is 3.14. The summed E-state index contributed by atoms with van der Waals surface area (Å²) in [6.45, 7) is 0.187. The van der Waals surface area contributed by atoms with Crippen LogP contribution in [0.25, 0.3) is 0 Å². The van der Waals surface area contributed by atoms with Gasteiger partial charge in [0.1, 0.15) is 11.6 Å². The van der Waals surface area contributed by atoms with Gasteiger partial charge in [-0.05, 0) is 35.9 Å². The maximum absolute atomic E-state index is 14.0. The van der Waals surface area contributed by atoms with E-state index in [-0.39, 0.29) is 23.7 Å². The Morgan fingerprint density at radius 1 is 1.24 bits per heavy atom. The number of halogens is 2. The minimum atomic E-state index is -0.916. The van der Waals surface area contributed by atoms with Gasteiger partial charge in [0.15, 0.2) is 0 Å². The highest BCUT2D eigenvalue weighted by molar-refractivity contribution is 9.10. The molecule has 2 rings (SSSR count). The molecule has 0 unspecified atom stereocenters. The van der Waals surface area contributed by atoms with Gasteiger partial charge in [-0.3, -0.25) is 4.90 Å². The molecule has 0 aromatic heterocycles. The molecule has 0 fully saturated rings. The van der Waals surface area contributed by atoms with Gasteiger partial charge in [0, 0.05) is 11.0 Å². The number of aromatic hydroxyl groups is 1. The van der Waals surface area contributed by atoms with Gasteiger partial charge in [0.2, 0.25) is 0 Å². The monoisotopic (exact) mass is 353 g/mol. The van der Waals surface area contributed by atoms with E-state index in [4.69, 9.17) is 11.5 Å². The molecule has 0 atom stereocenters. The van der Waals surface area contributed by atoms with E-state index in [1.807, 2.05) is 0 Å². The summed E-state index contributed by atoms with van der Waals surface area (Å²) in [4.78, 5) is 12.6. The number of carbonyl (C=O) groups is 1. The molecule has 21 heavy (non-hydrogen) atoms. The standard InChI is InChI=1S/C14H13BrFN3O2/c15-9-2-4-11(13(20)6-9)19(14(18)21)12-5-8(7-17)1-3-10(12)16/h1-6,20H,7,17H2,(H2,18,21). The summed E-state index contributed by atoms with van der Waals surface area (Å²) < 4.78 is 14.6. The molecule has 0 radical (unpaired) electrons. The first-order valence-electron chi connectivity index (χ1n) is 6.00. The Hall–Kier alpha value is -2.12. The van der Waals surface area contributed by atoms with Crippen LogP contribution in [0, 0.1) is 5.82 Å². The fourth-order valence-corrected chi connectivity index (χ4v) is 2.26. The van der Waals surface area contributed by atoms with Crippen LogP contribution in [0.15, 0.2) is 40.9 Å². The van der Waals surface area contributed by atoms with Gasteiger partial charge in [-0.2, -0.15) is 0 Å². The van der Waals surface area contributed by atoms with Crippen molar-refractivity contribution in [3.05, 3.63) is 52.3 Å². The number of anilines is 2. The number of hydrogen-bond donors (Lipinski definition) is 3. The van der Waals surface area contributed by atoms with Crippen molar-refractivity contribution in [2.75, 3.05) is 4.90 Å². The van der Waals surface area contributed by atoms with Crippen LogP contribution in [0.2, 0.25) is 0 Å². The Morgan fingerprint density at radius 2 is 1.95 bits per heavy atom. The molecular formula is C14H13BrFN3O2. The molecule has 0 spiro atoms. The van der Waals surface area contributed by atoms with Gasteiger partial charge in [-0.15, -0.1) is 0 Å². The van der Waals surface area contributed by atoms with E-state index in [9.17, 15) is 14.3 Å². The first kappa shape index (κ1) is 15.3. The first-order valence-corrected chi connectivity index (χ1v) is 6.80. The lowest BCUT2D eigenvalue weighted by molar-refractivity contribution is 0.255. The minimum Gasteiger partial charge on any atom is -0.506 e. The number of nitrogens with two attached hydrogens (primary N) is 2. The number of phenolic OH excluding ortho intramolecular Hbond substituents is 1. The Morgan fingerprint density at radius 3 is 2.52 bits per heavy atom. The van der Waals surface area contributed by atoms with E-state index in [1.165, 1.54) is 30.3 Å². The van der Waals surface area contributed by atoms with Crippen LogP contribution < -0.4 is 16.4 Å². The maximum Gasteiger partial charge on any atom is 0.324 e. The minimum absolute atomic E-state index is 0.0666. The second-order valence-corrected chi connectivity index (χ2v) is 5.21. The highest BCUT2D eigenvalue weighted by Gasteiger charge is 2.22. The second kappa shape index (κ2) is 6.11. The molecule has 0 aliphatic rings. The SMILES string of the molecule is NCc1ccc(F)c(N(C(N)=O)c2ccc(Br)cc2O)c1. The molecular weight excluding hydrogens is 341 g/mol. The maximum atomic E-state index is 14.0. The first-order chi connectivity index (χ1) is 9.93. The topological polar surface area (TPSA) is 92.6 Å². The van der Waals surface area contributed by atoms with Crippen molar-refractivity contribution in [3.63, 3.8) is 0 Å². The van der Waals surface area contributed by atoms with Crippen LogP contribution >= 0.6 is 15.9 Å². The number of urea groups is 1. The van der Waals surface area contributed by atoms with Crippen LogP contribution in [-0.2, 0) is 6.54 Å². The third-order valence-electron chi connectivity index (χ3n) is 2.89. The van der Waals surface area contributed by atoms with Crippen molar-refractivity contribution in [2.45, 2.75) is 6.54 Å². The molecule has 2 aromatic rings. The summed E-state index contributed by atoms with van der Waals surface area (Å²) in [6.07, 6.45) is 0. The number of carbonyl (C=O) groups excluding carboxylic acids is 1. The van der Waals surface area contributed by atoms with Gasteiger partial charge in [-0.1, -0.05) is 22.0 Å². The van der Waals surface area contributed by atoms with Crippen LogP contribution in [-0.4, -0.2) is 11.1 Å². The van der Waals surface area contributed by atoms with Crippen molar-refractivity contribution in [1.82, 2.24) is 0 Å². The van der Waals surface area contributed by atoms with E-state index in [1.54, 1.807) is 6.07 Å². The quantitative estimate of drug-likeness (QED) is 0.791. The molecule has 2 amide bonds. The predicted octanol–water partition coefficient (Wildman–Crippen LogP) is 2.97. The average Bonchev–Trinajstić information content (AvgIpc) is 2.43. The lowest BCUT2D eigenvalue weighted by Gasteiger charge is -2.22. The van der Waals surface area contributed by atoms with Crippen molar-refractivity contribution >= 4 is 33.3 Å². The Bertz CT molecular complexity index is 694. The van der Waals surface area contributed by atoms with E-state index in [2.05, 4.69) is 15.9 Å². The van der Waals surface area contributed by atoms with Gasteiger partial charge < -0.3 is 16.6 Å². The molecule has 0 heterocycles. The number of primary amides is 1. The smallest absolute Gasteiger partial charge is 0.324 e. The van der Waals surface area contributed by atoms with Gasteiger partial charge in [0.05, 0.1) is 11.4 Å². The molecule has 0 aliphatic heterocycles. The summed E-state index contributed by atoms with van der Waals surface area (Å²) in [7, 11) is 0. The van der Waals surface area contributed by atoms with Crippen LogP contribution in [0.5, 0.6) is 5.75 Å². The number of benzene rings is 2. The van der Waals surface area contributed by atoms with Crippen molar-refractivity contribution < 1.29 is 14.3 Å². The number of rotatable bonds is 3. The number of hydrogen-bond acceptors (Lipinski definition) is 3. The van der Waals surface area contributed by atoms with Crippen molar-refractivity contribution in [2.24, 2.45) is 11.5 Å². The lowest BCUT2D eigenvalue weighted by Crippen LogP contribution is -2.32. The van der Waals surface area contributed by atoms with Crippen LogP contribution in [0.4, 0.5) is 20.6 Å². The van der Waals surface area contributed by atoms with E-state index < -0.39 is 11.8 Å². The van der Waals surface area contributed by atoms with Gasteiger partial charge in [0.25, 0.3) is 0 Å². The molecule has 0 aliphatic carbocycles. The summed E-state index contributed by atoms with van der Waals surface area (Å²) >= 11 is 3.19. The van der Waals surface area contributed by atoms with Gasteiger partial charge >= 0.3 is 6.03 Å².